The summed E-state index contributed by atoms with van der Waals surface area (Å²) >= 11 is 0. The number of para-hydroxylation sites is 1. The number of allylic oxidation sites excluding steroid dienone is 1. The van der Waals surface area contributed by atoms with Crippen molar-refractivity contribution >= 4 is 38.8 Å². The number of aromatic nitrogens is 2. The Morgan fingerprint density at radius 1 is 0.523 bits per heavy atom. The van der Waals surface area contributed by atoms with Crippen LogP contribution < -0.4 is 0 Å². The molecule has 2 aliphatic rings. The summed E-state index contributed by atoms with van der Waals surface area (Å²) in [6, 6.07) is 43.6. The lowest BCUT2D eigenvalue weighted by Crippen LogP contribution is -2.12. The van der Waals surface area contributed by atoms with Gasteiger partial charge in [-0.05, 0) is 102 Å². The highest BCUT2D eigenvalue weighted by molar-refractivity contribution is 6.09. The van der Waals surface area contributed by atoms with E-state index in [1.165, 1.54) is 104 Å². The molecule has 214 valence electrons. The second-order valence-corrected chi connectivity index (χ2v) is 12.7. The van der Waals surface area contributed by atoms with Gasteiger partial charge in [-0.3, -0.25) is 0 Å². The molecule has 0 saturated heterocycles. The smallest absolute Gasteiger partial charge is 0.0538 e. The molecule has 0 aliphatic heterocycles. The van der Waals surface area contributed by atoms with Gasteiger partial charge in [-0.1, -0.05) is 98.1 Å². The first kappa shape index (κ1) is 25.7. The number of aryl methyl sites for hydroxylation is 1. The molecule has 2 heterocycles. The van der Waals surface area contributed by atoms with Crippen LogP contribution in [0.15, 0.2) is 121 Å². The molecule has 7 aromatic rings. The van der Waals surface area contributed by atoms with Crippen LogP contribution in [-0.4, -0.2) is 9.13 Å². The molecule has 1 saturated carbocycles. The molecule has 0 atom stereocenters. The third-order valence-electron chi connectivity index (χ3n) is 10.2. The van der Waals surface area contributed by atoms with Crippen molar-refractivity contribution in [2.75, 3.05) is 0 Å². The van der Waals surface area contributed by atoms with Crippen molar-refractivity contribution in [2.45, 2.75) is 51.0 Å². The van der Waals surface area contributed by atoms with E-state index >= 15 is 0 Å². The first-order chi connectivity index (χ1) is 21.8. The molecule has 2 aromatic heterocycles. The van der Waals surface area contributed by atoms with Gasteiger partial charge in [0.25, 0.3) is 0 Å². The molecule has 44 heavy (non-hydrogen) atoms. The van der Waals surface area contributed by atoms with Crippen molar-refractivity contribution in [1.29, 1.82) is 0 Å². The molecule has 0 spiro atoms. The van der Waals surface area contributed by atoms with E-state index in [0.717, 1.165) is 12.8 Å². The number of hydrogen-bond acceptors (Lipinski definition) is 0. The average molecular weight is 569 g/mol. The quantitative estimate of drug-likeness (QED) is 0.200. The van der Waals surface area contributed by atoms with E-state index in [1.54, 1.807) is 0 Å². The largest absolute Gasteiger partial charge is 0.337 e. The van der Waals surface area contributed by atoms with Crippen LogP contribution in [0.4, 0.5) is 0 Å². The van der Waals surface area contributed by atoms with Gasteiger partial charge in [-0.2, -0.15) is 0 Å². The van der Waals surface area contributed by atoms with E-state index in [0.29, 0.717) is 6.04 Å². The van der Waals surface area contributed by atoms with Crippen molar-refractivity contribution in [3.05, 3.63) is 133 Å². The van der Waals surface area contributed by atoms with Crippen molar-refractivity contribution in [2.24, 2.45) is 0 Å². The average Bonchev–Trinajstić information content (AvgIpc) is 3.61. The molecule has 1 fully saturated rings. The highest BCUT2D eigenvalue weighted by Gasteiger charge is 2.22. The molecule has 0 unspecified atom stereocenters. The first-order valence-corrected chi connectivity index (χ1v) is 16.4. The normalized spacial score (nSPS) is 15.4. The molecule has 2 heteroatoms. The van der Waals surface area contributed by atoms with E-state index in [9.17, 15) is 0 Å². The fourth-order valence-electron chi connectivity index (χ4n) is 8.04. The van der Waals surface area contributed by atoms with E-state index in [2.05, 4.69) is 137 Å². The molecule has 5 aromatic carbocycles. The molecule has 0 bridgehead atoms. The molecule has 0 N–H and O–H groups in total. The van der Waals surface area contributed by atoms with E-state index in [4.69, 9.17) is 0 Å². The lowest BCUT2D eigenvalue weighted by molar-refractivity contribution is 0.367. The van der Waals surface area contributed by atoms with Gasteiger partial charge in [0.15, 0.2) is 0 Å². The van der Waals surface area contributed by atoms with Crippen molar-refractivity contribution in [1.82, 2.24) is 9.13 Å². The second-order valence-electron chi connectivity index (χ2n) is 12.7. The van der Waals surface area contributed by atoms with Crippen molar-refractivity contribution < 1.29 is 0 Å². The van der Waals surface area contributed by atoms with Gasteiger partial charge < -0.3 is 9.13 Å². The highest BCUT2D eigenvalue weighted by Crippen LogP contribution is 2.41. The summed E-state index contributed by atoms with van der Waals surface area (Å²) < 4.78 is 5.11. The summed E-state index contributed by atoms with van der Waals surface area (Å²) in [6.07, 6.45) is 13.5. The Bertz CT molecular complexity index is 2190. The summed E-state index contributed by atoms with van der Waals surface area (Å²) in [7, 11) is 0. The first-order valence-electron chi connectivity index (χ1n) is 16.4. The number of nitrogens with zero attached hydrogens (tertiary/aromatic N) is 2. The fourth-order valence-corrected chi connectivity index (χ4v) is 8.04. The maximum absolute atomic E-state index is 2.66. The third kappa shape index (κ3) is 4.08. The number of benzene rings is 5. The molecule has 9 rings (SSSR count). The number of rotatable bonds is 4. The second kappa shape index (κ2) is 10.4. The monoisotopic (exact) mass is 568 g/mol. The Labute approximate surface area is 258 Å². The lowest BCUT2D eigenvalue weighted by atomic mass is 9.95. The maximum atomic E-state index is 2.66. The Kier molecular flexibility index (Phi) is 6.07. The molecule has 0 amide bonds. The summed E-state index contributed by atoms with van der Waals surface area (Å²) in [4.78, 5) is 0. The van der Waals surface area contributed by atoms with E-state index in [-0.39, 0.29) is 0 Å². The van der Waals surface area contributed by atoms with Crippen LogP contribution in [0.25, 0.3) is 66.7 Å². The SMILES string of the molecule is C1=Cc2c(c3cc(-c4ccc5c(c4)c4ccccc4n5C4CCCCC4)ccc3n2-c2ccc(-c3ccccc3)cc2)CC1. The van der Waals surface area contributed by atoms with Gasteiger partial charge in [0, 0.05) is 44.6 Å². The van der Waals surface area contributed by atoms with Gasteiger partial charge in [0.2, 0.25) is 0 Å². The van der Waals surface area contributed by atoms with Crippen LogP contribution >= 0.6 is 0 Å². The van der Waals surface area contributed by atoms with Crippen molar-refractivity contribution in [3.63, 3.8) is 0 Å². The number of hydrogen-bond donors (Lipinski definition) is 0. The van der Waals surface area contributed by atoms with Crippen molar-refractivity contribution in [3.8, 4) is 27.9 Å². The lowest BCUT2D eigenvalue weighted by Gasteiger charge is -2.25. The predicted molar refractivity (Wildman–Crippen MR) is 187 cm³/mol. The summed E-state index contributed by atoms with van der Waals surface area (Å²) in [6.45, 7) is 0. The summed E-state index contributed by atoms with van der Waals surface area (Å²) in [5.74, 6) is 0. The standard InChI is InChI=1S/C42H36N2/c1-3-11-29(12-4-1)30-19-23-34(24-20-30)44-40-18-10-8-16-36(40)38-28-32(22-26-42(38)44)31-21-25-41-37(27-31)35-15-7-9-17-39(35)43(41)33-13-5-2-6-14-33/h1,3-4,7,9-12,15,17-28,33H,2,5-6,8,13-14,16H2. The minimum absolute atomic E-state index is 0.606. The Balaban J connectivity index is 1.17. The van der Waals surface area contributed by atoms with Crippen LogP contribution in [0, 0.1) is 0 Å². The van der Waals surface area contributed by atoms with Crippen LogP contribution in [0.1, 0.15) is 55.8 Å². The summed E-state index contributed by atoms with van der Waals surface area (Å²) in [5.41, 5.74) is 13.1. The van der Waals surface area contributed by atoms with E-state index in [1.807, 2.05) is 0 Å². The van der Waals surface area contributed by atoms with Crippen LogP contribution in [0.2, 0.25) is 0 Å². The fraction of sp³-hybridized carbons (Fsp3) is 0.190. The zero-order chi connectivity index (χ0) is 29.0. The predicted octanol–water partition coefficient (Wildman–Crippen LogP) is 11.5. The van der Waals surface area contributed by atoms with Gasteiger partial charge in [-0.25, -0.2) is 0 Å². The highest BCUT2D eigenvalue weighted by atomic mass is 15.0. The maximum Gasteiger partial charge on any atom is 0.0538 e. The Morgan fingerprint density at radius 2 is 1.18 bits per heavy atom. The van der Waals surface area contributed by atoms with Gasteiger partial charge >= 0.3 is 0 Å². The molecular formula is C42H36N2. The topological polar surface area (TPSA) is 9.86 Å². The summed E-state index contributed by atoms with van der Waals surface area (Å²) in [5, 5.41) is 4.13. The van der Waals surface area contributed by atoms with Crippen LogP contribution in [-0.2, 0) is 6.42 Å². The molecule has 2 nitrogen and oxygen atoms in total. The Hall–Kier alpha value is -4.82. The molecule has 0 radical (unpaired) electrons. The minimum atomic E-state index is 0.606. The van der Waals surface area contributed by atoms with Gasteiger partial charge in [0.1, 0.15) is 0 Å². The Morgan fingerprint density at radius 3 is 2.00 bits per heavy atom. The van der Waals surface area contributed by atoms with Crippen LogP contribution in [0.5, 0.6) is 0 Å². The van der Waals surface area contributed by atoms with E-state index < -0.39 is 0 Å². The van der Waals surface area contributed by atoms with Gasteiger partial charge in [0.05, 0.1) is 5.52 Å². The third-order valence-corrected chi connectivity index (χ3v) is 10.2. The zero-order valence-corrected chi connectivity index (χ0v) is 25.0. The zero-order valence-electron chi connectivity index (χ0n) is 25.0. The van der Waals surface area contributed by atoms with Crippen LogP contribution in [0.3, 0.4) is 0 Å². The molecule has 2 aliphatic carbocycles. The molecular weight excluding hydrogens is 532 g/mol. The van der Waals surface area contributed by atoms with Gasteiger partial charge in [-0.15, -0.1) is 0 Å². The minimum Gasteiger partial charge on any atom is -0.337 e. The number of fused-ring (bicyclic) bond motifs is 6.